The van der Waals surface area contributed by atoms with E-state index >= 15 is 0 Å². The number of hydrogen-bond donors (Lipinski definition) is 4. The predicted octanol–water partition coefficient (Wildman–Crippen LogP) is 1.70. The molecule has 7 nitrogen and oxygen atoms in total. The van der Waals surface area contributed by atoms with Gasteiger partial charge in [-0.2, -0.15) is 0 Å². The maximum absolute atomic E-state index is 13.3. The van der Waals surface area contributed by atoms with Crippen molar-refractivity contribution in [1.29, 1.82) is 0 Å². The molecule has 1 aromatic rings. The summed E-state index contributed by atoms with van der Waals surface area (Å²) in [5.74, 6) is 1.18. The second-order valence-corrected chi connectivity index (χ2v) is 9.31. The number of carbonyl (C=O) groups excluding carboxylic acids is 1. The molecule has 31 heavy (non-hydrogen) atoms. The molecule has 2 fully saturated rings. The third-order valence-electron chi connectivity index (χ3n) is 7.36. The Morgan fingerprint density at radius 2 is 2.16 bits per heavy atom. The number of amidine groups is 1. The summed E-state index contributed by atoms with van der Waals surface area (Å²) in [5, 5.41) is 17.9. The van der Waals surface area contributed by atoms with E-state index in [1.165, 1.54) is 12.0 Å². The van der Waals surface area contributed by atoms with Gasteiger partial charge < -0.3 is 26.4 Å². The largest absolute Gasteiger partial charge is 0.388 e. The number of nitrogens with one attached hydrogen (secondary N) is 2. The van der Waals surface area contributed by atoms with Gasteiger partial charge in [0, 0.05) is 24.6 Å². The lowest BCUT2D eigenvalue weighted by Gasteiger charge is -2.50. The number of carbonyl (C=O) groups is 1. The Morgan fingerprint density at radius 1 is 1.42 bits per heavy atom. The zero-order valence-corrected chi connectivity index (χ0v) is 18.8. The van der Waals surface area contributed by atoms with Crippen LogP contribution in [-0.4, -0.2) is 58.1 Å². The summed E-state index contributed by atoms with van der Waals surface area (Å²) in [4.78, 5) is 20.0. The average Bonchev–Trinajstić information content (AvgIpc) is 3.02. The van der Waals surface area contributed by atoms with E-state index in [4.69, 9.17) is 10.7 Å². The monoisotopic (exact) mass is 425 g/mol. The van der Waals surface area contributed by atoms with Crippen molar-refractivity contribution in [1.82, 2.24) is 15.5 Å². The molecule has 0 radical (unpaired) electrons. The molecule has 7 heteroatoms. The molecule has 2 aliphatic heterocycles. The van der Waals surface area contributed by atoms with Crippen LogP contribution in [0.15, 0.2) is 35.6 Å². The van der Waals surface area contributed by atoms with Gasteiger partial charge in [0.15, 0.2) is 0 Å². The Bertz CT molecular complexity index is 913. The lowest BCUT2D eigenvalue weighted by atomic mass is 9.80. The van der Waals surface area contributed by atoms with Crippen molar-refractivity contribution in [2.45, 2.75) is 82.6 Å². The van der Waals surface area contributed by atoms with Crippen LogP contribution in [0.3, 0.4) is 0 Å². The van der Waals surface area contributed by atoms with Crippen LogP contribution in [0.4, 0.5) is 0 Å². The van der Waals surface area contributed by atoms with E-state index in [2.05, 4.69) is 23.3 Å². The number of aliphatic hydroxyl groups is 1. The maximum atomic E-state index is 13.3. The first-order chi connectivity index (χ1) is 14.8. The van der Waals surface area contributed by atoms with Gasteiger partial charge >= 0.3 is 0 Å². The summed E-state index contributed by atoms with van der Waals surface area (Å²) >= 11 is 0. The second-order valence-electron chi connectivity index (χ2n) is 9.31. The fourth-order valence-electron chi connectivity index (χ4n) is 5.60. The topological polar surface area (TPSA) is 103 Å². The Hall–Kier alpha value is -2.54. The van der Waals surface area contributed by atoms with Gasteiger partial charge in [-0.25, -0.2) is 0 Å². The molecule has 3 aliphatic rings. The number of aryl methyl sites for hydroxylation is 1. The molecule has 4 rings (SSSR count). The molecule has 1 aromatic carbocycles. The van der Waals surface area contributed by atoms with Crippen molar-refractivity contribution in [3.63, 3.8) is 0 Å². The van der Waals surface area contributed by atoms with Crippen molar-refractivity contribution in [3.05, 3.63) is 47.3 Å². The smallest absolute Gasteiger partial charge is 0.251 e. The molecule has 1 amide bonds. The summed E-state index contributed by atoms with van der Waals surface area (Å²) in [7, 11) is 0. The summed E-state index contributed by atoms with van der Waals surface area (Å²) in [6, 6.07) is 5.24. The van der Waals surface area contributed by atoms with Crippen LogP contribution >= 0.6 is 0 Å². The molecule has 0 spiro atoms. The van der Waals surface area contributed by atoms with Crippen LogP contribution in [0.2, 0.25) is 0 Å². The Kier molecular flexibility index (Phi) is 5.73. The van der Waals surface area contributed by atoms with Crippen molar-refractivity contribution >= 4 is 11.7 Å². The Labute approximate surface area is 184 Å². The number of hydrogen-bond acceptors (Lipinski definition) is 5. The molecular weight excluding hydrogens is 390 g/mol. The highest BCUT2D eigenvalue weighted by molar-refractivity contribution is 5.96. The molecule has 0 aromatic heterocycles. The van der Waals surface area contributed by atoms with Crippen molar-refractivity contribution < 1.29 is 9.90 Å². The predicted molar refractivity (Wildman–Crippen MR) is 123 cm³/mol. The Balaban J connectivity index is 1.61. The van der Waals surface area contributed by atoms with E-state index in [0.29, 0.717) is 18.8 Å². The van der Waals surface area contributed by atoms with E-state index in [9.17, 15) is 9.90 Å². The third-order valence-corrected chi connectivity index (χ3v) is 7.36. The molecule has 168 valence electrons. The molecule has 0 saturated carbocycles. The molecule has 5 N–H and O–H groups in total. The van der Waals surface area contributed by atoms with Gasteiger partial charge in [0.2, 0.25) is 0 Å². The van der Waals surface area contributed by atoms with E-state index in [-0.39, 0.29) is 18.0 Å². The first-order valence-corrected chi connectivity index (χ1v) is 11.4. The van der Waals surface area contributed by atoms with Gasteiger partial charge in [-0.1, -0.05) is 25.6 Å². The lowest BCUT2D eigenvalue weighted by Crippen LogP contribution is -2.67. The minimum absolute atomic E-state index is 0.0379. The number of rotatable bonds is 4. The van der Waals surface area contributed by atoms with Crippen molar-refractivity contribution in [3.8, 4) is 0 Å². The number of aliphatic hydroxyl groups excluding tert-OH is 1. The first kappa shape index (κ1) is 21.7. The summed E-state index contributed by atoms with van der Waals surface area (Å²) in [6.07, 6.45) is 4.07. The molecular formula is C24H35N5O2. The van der Waals surface area contributed by atoms with Crippen LogP contribution in [0.1, 0.15) is 61.5 Å². The minimum atomic E-state index is -0.810. The number of aliphatic imine (C=N–C) groups is 1. The zero-order valence-electron chi connectivity index (χ0n) is 18.8. The number of nitrogens with zero attached hydrogens (tertiary/aromatic N) is 2. The van der Waals surface area contributed by atoms with Gasteiger partial charge in [-0.15, -0.1) is 0 Å². The molecule has 2 heterocycles. The normalized spacial score (nSPS) is 32.8. The van der Waals surface area contributed by atoms with E-state index < -0.39 is 17.7 Å². The molecule has 1 aliphatic carbocycles. The fourth-order valence-corrected chi connectivity index (χ4v) is 5.60. The first-order valence-electron chi connectivity index (χ1n) is 11.4. The van der Waals surface area contributed by atoms with E-state index in [1.807, 2.05) is 37.8 Å². The van der Waals surface area contributed by atoms with Gasteiger partial charge in [-0.3, -0.25) is 9.79 Å². The van der Waals surface area contributed by atoms with Gasteiger partial charge in [0.25, 0.3) is 5.91 Å². The zero-order chi connectivity index (χ0) is 22.3. The molecule has 0 bridgehead atoms. The standard InChI is InChI=1S/C24H35N5O2/c1-5-20(25)28-21-14(2)26-15(3)29-13-19(22(30)24(21,29)4)27-23(31)18-12-8-10-16-9-6-7-11-17(16)18/h8,10,12,14,19,21-22,26,30H,3,5-7,9,11,13H2,1-2,4H3,(H2,25,28)(H,27,31)/t14?,19?,21-,22?,24?/m0/s1. The number of nitrogens with two attached hydrogens (primary N) is 1. The SMILES string of the molecule is C=C1NC(C)[C@H](N=C(N)CC)C2(C)C(O)C(NC(=O)c3cccc4c3CCCC4)CN12. The van der Waals surface area contributed by atoms with E-state index in [0.717, 1.165) is 36.2 Å². The Morgan fingerprint density at radius 3 is 2.90 bits per heavy atom. The number of benzene rings is 1. The van der Waals surface area contributed by atoms with Crippen molar-refractivity contribution in [2.75, 3.05) is 6.54 Å². The fraction of sp³-hybridized carbons (Fsp3) is 0.583. The molecule has 5 atom stereocenters. The van der Waals surface area contributed by atoms with Gasteiger partial charge in [0.1, 0.15) is 6.10 Å². The molecule has 2 saturated heterocycles. The maximum Gasteiger partial charge on any atom is 0.251 e. The highest BCUT2D eigenvalue weighted by atomic mass is 16.3. The third kappa shape index (κ3) is 3.59. The minimum Gasteiger partial charge on any atom is -0.388 e. The van der Waals surface area contributed by atoms with E-state index in [1.54, 1.807) is 0 Å². The lowest BCUT2D eigenvalue weighted by molar-refractivity contribution is 0.00303. The van der Waals surface area contributed by atoms with Crippen LogP contribution in [0.25, 0.3) is 0 Å². The average molecular weight is 426 g/mol. The summed E-state index contributed by atoms with van der Waals surface area (Å²) < 4.78 is 0. The summed E-state index contributed by atoms with van der Waals surface area (Å²) in [5.41, 5.74) is 8.52. The number of amides is 1. The highest BCUT2D eigenvalue weighted by Gasteiger charge is 2.59. The van der Waals surface area contributed by atoms with Crippen LogP contribution in [-0.2, 0) is 12.8 Å². The second kappa shape index (κ2) is 8.19. The van der Waals surface area contributed by atoms with Gasteiger partial charge in [0.05, 0.1) is 29.3 Å². The molecule has 4 unspecified atom stereocenters. The van der Waals surface area contributed by atoms with Crippen LogP contribution in [0.5, 0.6) is 0 Å². The van der Waals surface area contributed by atoms with Crippen LogP contribution in [0, 0.1) is 0 Å². The highest BCUT2D eigenvalue weighted by Crippen LogP contribution is 2.41. The van der Waals surface area contributed by atoms with Gasteiger partial charge in [-0.05, 0) is 56.7 Å². The van der Waals surface area contributed by atoms with Crippen LogP contribution < -0.4 is 16.4 Å². The van der Waals surface area contributed by atoms with Crippen molar-refractivity contribution in [2.24, 2.45) is 10.7 Å². The number of fused-ring (bicyclic) bond motifs is 2. The summed E-state index contributed by atoms with van der Waals surface area (Å²) in [6.45, 7) is 10.6. The quantitative estimate of drug-likeness (QED) is 0.434.